The van der Waals surface area contributed by atoms with Crippen LogP contribution in [0.4, 0.5) is 0 Å². The van der Waals surface area contributed by atoms with Gasteiger partial charge in [0.25, 0.3) is 0 Å². The summed E-state index contributed by atoms with van der Waals surface area (Å²) < 4.78 is 6.06. The molecule has 1 rings (SSSR count). The first kappa shape index (κ1) is 12.5. The van der Waals surface area contributed by atoms with Gasteiger partial charge >= 0.3 is 0 Å². The molecule has 86 valence electrons. The molecule has 1 N–H and O–H groups in total. The zero-order valence-electron chi connectivity index (χ0n) is 10.3. The van der Waals surface area contributed by atoms with Crippen molar-refractivity contribution < 1.29 is 4.74 Å². The van der Waals surface area contributed by atoms with Crippen LogP contribution in [0.1, 0.15) is 34.1 Å². The number of hydrogen-bond donors (Lipinski definition) is 1. The minimum atomic E-state index is -0.117. The lowest BCUT2D eigenvalue weighted by molar-refractivity contribution is -0.0414. The van der Waals surface area contributed by atoms with Crippen molar-refractivity contribution in [1.82, 2.24) is 5.32 Å². The summed E-state index contributed by atoms with van der Waals surface area (Å²) in [6, 6.07) is 0. The zero-order chi connectivity index (χ0) is 11.3. The second kappa shape index (κ2) is 5.47. The fourth-order valence-corrected chi connectivity index (χ4v) is 2.00. The number of hydrogen-bond acceptors (Lipinski definition) is 2. The Morgan fingerprint density at radius 1 is 1.60 bits per heavy atom. The third-order valence-electron chi connectivity index (χ3n) is 2.59. The molecule has 2 atom stereocenters. The average Bonchev–Trinajstić information content (AvgIpc) is 2.13. The largest absolute Gasteiger partial charge is 0.367 e. The first-order valence-electron chi connectivity index (χ1n) is 5.80. The summed E-state index contributed by atoms with van der Waals surface area (Å²) in [5.41, 5.74) is 1.17. The van der Waals surface area contributed by atoms with Crippen molar-refractivity contribution >= 4 is 0 Å². The fraction of sp³-hybridized carbons (Fsp3) is 0.692. The van der Waals surface area contributed by atoms with Crippen LogP contribution in [0.25, 0.3) is 0 Å². The van der Waals surface area contributed by atoms with Crippen molar-refractivity contribution in [2.75, 3.05) is 13.1 Å². The van der Waals surface area contributed by atoms with Gasteiger partial charge in [0, 0.05) is 6.54 Å². The molecule has 2 nitrogen and oxygen atoms in total. The summed E-state index contributed by atoms with van der Waals surface area (Å²) in [4.78, 5) is 0. The lowest BCUT2D eigenvalue weighted by Crippen LogP contribution is -2.36. The van der Waals surface area contributed by atoms with Gasteiger partial charge in [-0.05, 0) is 39.8 Å². The normalized spacial score (nSPS) is 27.6. The Hall–Kier alpha value is -0.600. The van der Waals surface area contributed by atoms with E-state index in [0.29, 0.717) is 0 Å². The van der Waals surface area contributed by atoms with Crippen LogP contribution >= 0.6 is 0 Å². The van der Waals surface area contributed by atoms with Crippen molar-refractivity contribution in [3.63, 3.8) is 0 Å². The summed E-state index contributed by atoms with van der Waals surface area (Å²) in [5.74, 6) is 0. The molecular weight excluding hydrogens is 186 g/mol. The summed E-state index contributed by atoms with van der Waals surface area (Å²) in [6.45, 7) is 10.4. The third-order valence-corrected chi connectivity index (χ3v) is 2.59. The van der Waals surface area contributed by atoms with E-state index in [4.69, 9.17) is 4.74 Å². The van der Waals surface area contributed by atoms with Gasteiger partial charge in [-0.1, -0.05) is 24.6 Å². The van der Waals surface area contributed by atoms with E-state index in [9.17, 15) is 0 Å². The van der Waals surface area contributed by atoms with Crippen molar-refractivity contribution in [1.29, 1.82) is 0 Å². The van der Waals surface area contributed by atoms with Crippen molar-refractivity contribution in [2.24, 2.45) is 0 Å². The standard InChI is InChI=1S/C13H23NO/c1-5-14-10-12(3)15-13(4)8-6-7-11(2)9-13/h6-7,9,12,14H,5,8,10H2,1-4H3/t12-,13?/m0/s1. The first-order valence-corrected chi connectivity index (χ1v) is 5.80. The minimum Gasteiger partial charge on any atom is -0.367 e. The second-order valence-corrected chi connectivity index (χ2v) is 4.54. The average molecular weight is 209 g/mol. The lowest BCUT2D eigenvalue weighted by atomic mass is 9.93. The Labute approximate surface area is 93.4 Å². The zero-order valence-corrected chi connectivity index (χ0v) is 10.3. The number of ether oxygens (including phenoxy) is 1. The summed E-state index contributed by atoms with van der Waals surface area (Å²) in [5, 5.41) is 3.30. The van der Waals surface area contributed by atoms with Gasteiger partial charge in [-0.2, -0.15) is 0 Å². The van der Waals surface area contributed by atoms with E-state index >= 15 is 0 Å². The Morgan fingerprint density at radius 2 is 2.33 bits per heavy atom. The van der Waals surface area contributed by atoms with Crippen LogP contribution in [0, 0.1) is 0 Å². The van der Waals surface area contributed by atoms with Crippen molar-refractivity contribution in [2.45, 2.75) is 45.8 Å². The molecule has 2 heteroatoms. The summed E-state index contributed by atoms with van der Waals surface area (Å²) in [7, 11) is 0. The molecule has 0 aromatic rings. The van der Waals surface area contributed by atoms with E-state index in [0.717, 1.165) is 19.5 Å². The molecule has 0 fully saturated rings. The molecular formula is C13H23NO. The highest BCUT2D eigenvalue weighted by molar-refractivity contribution is 5.26. The molecule has 0 aliphatic heterocycles. The molecule has 15 heavy (non-hydrogen) atoms. The molecule has 0 heterocycles. The minimum absolute atomic E-state index is 0.117. The summed E-state index contributed by atoms with van der Waals surface area (Å²) in [6.07, 6.45) is 7.79. The predicted octanol–water partition coefficient (Wildman–Crippen LogP) is 2.67. The van der Waals surface area contributed by atoms with E-state index in [2.05, 4.69) is 51.2 Å². The van der Waals surface area contributed by atoms with Gasteiger partial charge in [0.05, 0.1) is 11.7 Å². The highest BCUT2D eigenvalue weighted by Gasteiger charge is 2.25. The van der Waals surface area contributed by atoms with Crippen molar-refractivity contribution in [3.05, 3.63) is 23.8 Å². The summed E-state index contributed by atoms with van der Waals surface area (Å²) >= 11 is 0. The van der Waals surface area contributed by atoms with Crippen LogP contribution in [-0.2, 0) is 4.74 Å². The molecule has 0 saturated carbocycles. The van der Waals surface area contributed by atoms with Crippen LogP contribution in [0.15, 0.2) is 23.8 Å². The van der Waals surface area contributed by atoms with Crippen LogP contribution in [-0.4, -0.2) is 24.8 Å². The van der Waals surface area contributed by atoms with Gasteiger partial charge in [-0.3, -0.25) is 0 Å². The number of likely N-dealkylation sites (N-methyl/N-ethyl adjacent to an activating group) is 1. The molecule has 1 aliphatic rings. The Kier molecular flexibility index (Phi) is 4.55. The fourth-order valence-electron chi connectivity index (χ4n) is 2.00. The van der Waals surface area contributed by atoms with Gasteiger partial charge in [-0.25, -0.2) is 0 Å². The van der Waals surface area contributed by atoms with Crippen LogP contribution in [0.2, 0.25) is 0 Å². The molecule has 0 spiro atoms. The highest BCUT2D eigenvalue weighted by atomic mass is 16.5. The molecule has 1 unspecified atom stereocenters. The molecule has 0 radical (unpaired) electrons. The lowest BCUT2D eigenvalue weighted by Gasteiger charge is -2.31. The van der Waals surface area contributed by atoms with E-state index < -0.39 is 0 Å². The van der Waals surface area contributed by atoms with Gasteiger partial charge in [0.2, 0.25) is 0 Å². The molecule has 1 aliphatic carbocycles. The monoisotopic (exact) mass is 209 g/mol. The number of rotatable bonds is 5. The van der Waals surface area contributed by atoms with Crippen LogP contribution in [0.3, 0.4) is 0 Å². The number of nitrogens with one attached hydrogen (secondary N) is 1. The number of allylic oxidation sites excluding steroid dienone is 2. The predicted molar refractivity (Wildman–Crippen MR) is 65.0 cm³/mol. The van der Waals surface area contributed by atoms with Gasteiger partial charge in [0.15, 0.2) is 0 Å². The maximum atomic E-state index is 6.06. The Morgan fingerprint density at radius 3 is 2.93 bits per heavy atom. The van der Waals surface area contributed by atoms with Crippen LogP contribution < -0.4 is 5.32 Å². The third kappa shape index (κ3) is 4.18. The van der Waals surface area contributed by atoms with Crippen molar-refractivity contribution in [3.8, 4) is 0 Å². The van der Waals surface area contributed by atoms with Gasteiger partial charge in [0.1, 0.15) is 0 Å². The maximum Gasteiger partial charge on any atom is 0.0878 e. The van der Waals surface area contributed by atoms with Crippen LogP contribution in [0.5, 0.6) is 0 Å². The van der Waals surface area contributed by atoms with E-state index in [-0.39, 0.29) is 11.7 Å². The quantitative estimate of drug-likeness (QED) is 0.751. The molecule has 0 amide bonds. The SMILES string of the molecule is CCNC[C@H](C)OC1(C)C=C(C)C=CC1. The molecule has 0 bridgehead atoms. The highest BCUT2D eigenvalue weighted by Crippen LogP contribution is 2.26. The molecule has 0 aromatic heterocycles. The molecule has 0 saturated heterocycles. The van der Waals surface area contributed by atoms with Gasteiger partial charge < -0.3 is 10.1 Å². The smallest absolute Gasteiger partial charge is 0.0878 e. The second-order valence-electron chi connectivity index (χ2n) is 4.54. The first-order chi connectivity index (χ1) is 7.06. The van der Waals surface area contributed by atoms with Gasteiger partial charge in [-0.15, -0.1) is 0 Å². The Balaban J connectivity index is 2.46. The molecule has 0 aromatic carbocycles. The Bertz CT molecular complexity index is 257. The topological polar surface area (TPSA) is 21.3 Å². The van der Waals surface area contributed by atoms with E-state index in [1.807, 2.05) is 0 Å². The van der Waals surface area contributed by atoms with E-state index in [1.165, 1.54) is 5.57 Å². The van der Waals surface area contributed by atoms with E-state index in [1.54, 1.807) is 0 Å². The maximum absolute atomic E-state index is 6.06.